The Morgan fingerprint density at radius 2 is 1.70 bits per heavy atom. The van der Waals surface area contributed by atoms with E-state index in [0.29, 0.717) is 18.0 Å². The number of amides is 2. The summed E-state index contributed by atoms with van der Waals surface area (Å²) in [5.74, 6) is -2.81. The molecule has 7 heteroatoms. The Morgan fingerprint density at radius 1 is 0.900 bits per heavy atom. The molecule has 1 aromatic heterocycles. The van der Waals surface area contributed by atoms with Crippen molar-refractivity contribution < 1.29 is 18.4 Å². The summed E-state index contributed by atoms with van der Waals surface area (Å²) in [6.07, 6.45) is 0.729. The van der Waals surface area contributed by atoms with Crippen LogP contribution in [0.4, 0.5) is 14.5 Å². The first kappa shape index (κ1) is 18.7. The van der Waals surface area contributed by atoms with Crippen molar-refractivity contribution in [3.05, 3.63) is 93.3 Å². The van der Waals surface area contributed by atoms with Crippen LogP contribution in [0.1, 0.15) is 16.0 Å². The van der Waals surface area contributed by atoms with Crippen molar-refractivity contribution in [3.8, 4) is 0 Å². The van der Waals surface area contributed by atoms with Gasteiger partial charge in [-0.25, -0.2) is 13.7 Å². The van der Waals surface area contributed by atoms with Crippen LogP contribution in [0.25, 0.3) is 5.57 Å². The monoisotopic (exact) mass is 422 g/mol. The third-order valence-electron chi connectivity index (χ3n) is 5.42. The summed E-state index contributed by atoms with van der Waals surface area (Å²) >= 11 is 1.33. The van der Waals surface area contributed by atoms with Crippen molar-refractivity contribution in [2.45, 2.75) is 13.0 Å². The van der Waals surface area contributed by atoms with Gasteiger partial charge in [0.1, 0.15) is 17.3 Å². The second-order valence-electron chi connectivity index (χ2n) is 7.18. The predicted octanol–water partition coefficient (Wildman–Crippen LogP) is 4.37. The van der Waals surface area contributed by atoms with Crippen LogP contribution in [0.5, 0.6) is 0 Å². The molecule has 4 nitrogen and oxygen atoms in total. The largest absolute Gasteiger partial charge is 0.362 e. The van der Waals surface area contributed by atoms with Gasteiger partial charge in [-0.1, -0.05) is 30.3 Å². The van der Waals surface area contributed by atoms with E-state index in [-0.39, 0.29) is 17.0 Å². The predicted molar refractivity (Wildman–Crippen MR) is 111 cm³/mol. The minimum absolute atomic E-state index is 0.234. The molecule has 2 aliphatic rings. The molecule has 30 heavy (non-hydrogen) atoms. The van der Waals surface area contributed by atoms with Gasteiger partial charge in [-0.05, 0) is 41.1 Å². The number of hydrogen-bond donors (Lipinski definition) is 0. The molecule has 150 valence electrons. The molecular formula is C23H16F2N2O2S. The quantitative estimate of drug-likeness (QED) is 0.589. The Hall–Kier alpha value is -3.32. The molecule has 0 N–H and O–H groups in total. The highest BCUT2D eigenvalue weighted by atomic mass is 32.1. The van der Waals surface area contributed by atoms with Gasteiger partial charge >= 0.3 is 0 Å². The second kappa shape index (κ2) is 7.18. The average Bonchev–Trinajstić information content (AvgIpc) is 3.36. The smallest absolute Gasteiger partial charge is 0.282 e. The first-order valence-electron chi connectivity index (χ1n) is 9.48. The molecule has 3 heterocycles. The second-order valence-corrected chi connectivity index (χ2v) is 8.13. The van der Waals surface area contributed by atoms with Crippen LogP contribution >= 0.6 is 11.3 Å². The van der Waals surface area contributed by atoms with E-state index in [4.69, 9.17) is 0 Å². The zero-order valence-electron chi connectivity index (χ0n) is 15.8. The number of imide groups is 1. The van der Waals surface area contributed by atoms with Crippen LogP contribution in [0, 0.1) is 11.6 Å². The molecule has 0 unspecified atom stereocenters. The molecule has 0 bridgehead atoms. The van der Waals surface area contributed by atoms with Gasteiger partial charge in [0.15, 0.2) is 0 Å². The fourth-order valence-corrected chi connectivity index (χ4v) is 4.78. The van der Waals surface area contributed by atoms with Crippen LogP contribution < -0.4 is 4.90 Å². The topological polar surface area (TPSA) is 40.6 Å². The van der Waals surface area contributed by atoms with Crippen LogP contribution in [0.15, 0.2) is 65.7 Å². The lowest BCUT2D eigenvalue weighted by Gasteiger charge is -2.31. The molecule has 0 aliphatic carbocycles. The molecule has 2 amide bonds. The van der Waals surface area contributed by atoms with Crippen molar-refractivity contribution >= 4 is 34.4 Å². The lowest BCUT2D eigenvalue weighted by Crippen LogP contribution is -2.37. The summed E-state index contributed by atoms with van der Waals surface area (Å²) in [5, 5.41) is 1.81. The lowest BCUT2D eigenvalue weighted by molar-refractivity contribution is -0.120. The number of thiophene rings is 1. The zero-order chi connectivity index (χ0) is 20.8. The maximum absolute atomic E-state index is 14.5. The number of anilines is 1. The van der Waals surface area contributed by atoms with E-state index in [1.165, 1.54) is 16.9 Å². The van der Waals surface area contributed by atoms with E-state index in [0.717, 1.165) is 35.1 Å². The molecule has 2 aliphatic heterocycles. The maximum Gasteiger partial charge on any atom is 0.282 e. The van der Waals surface area contributed by atoms with Crippen LogP contribution in [0.3, 0.4) is 0 Å². The zero-order valence-corrected chi connectivity index (χ0v) is 16.6. The highest BCUT2D eigenvalue weighted by Crippen LogP contribution is 2.39. The number of carbonyl (C=O) groups excluding carboxylic acids is 2. The minimum atomic E-state index is -0.825. The Bertz CT molecular complexity index is 1200. The van der Waals surface area contributed by atoms with Gasteiger partial charge in [0.25, 0.3) is 11.8 Å². The third-order valence-corrected chi connectivity index (χ3v) is 6.31. The van der Waals surface area contributed by atoms with E-state index in [1.54, 1.807) is 12.1 Å². The van der Waals surface area contributed by atoms with Gasteiger partial charge in [-0.15, -0.1) is 11.3 Å². The van der Waals surface area contributed by atoms with Gasteiger partial charge in [-0.3, -0.25) is 9.59 Å². The van der Waals surface area contributed by atoms with E-state index >= 15 is 0 Å². The summed E-state index contributed by atoms with van der Waals surface area (Å²) < 4.78 is 28.3. The van der Waals surface area contributed by atoms with E-state index < -0.39 is 23.4 Å². The lowest BCUT2D eigenvalue weighted by atomic mass is 9.99. The number of rotatable bonds is 3. The standard InChI is InChI=1S/C23H16F2N2O2S/c24-16-7-8-17(25)18(12-16)27-22(28)20(19-6-3-11-30-19)21(23(27)29)26-10-9-14-4-1-2-5-15(14)13-26/h1-8,11-12H,9-10,13H2. The van der Waals surface area contributed by atoms with Crippen molar-refractivity contribution in [1.82, 2.24) is 4.90 Å². The summed E-state index contributed by atoms with van der Waals surface area (Å²) in [4.78, 5) is 30.0. The highest BCUT2D eigenvalue weighted by Gasteiger charge is 2.44. The van der Waals surface area contributed by atoms with E-state index in [1.807, 2.05) is 28.5 Å². The molecule has 0 spiro atoms. The molecule has 0 saturated carbocycles. The van der Waals surface area contributed by atoms with E-state index in [9.17, 15) is 18.4 Å². The fourth-order valence-electron chi connectivity index (χ4n) is 4.02. The molecule has 2 aromatic carbocycles. The van der Waals surface area contributed by atoms with Gasteiger partial charge in [0, 0.05) is 24.0 Å². The summed E-state index contributed by atoms with van der Waals surface area (Å²) in [6, 6.07) is 14.3. The Labute approximate surface area is 175 Å². The van der Waals surface area contributed by atoms with Crippen LogP contribution in [0.2, 0.25) is 0 Å². The highest BCUT2D eigenvalue weighted by molar-refractivity contribution is 7.11. The third kappa shape index (κ3) is 2.93. The first-order valence-corrected chi connectivity index (χ1v) is 10.4. The van der Waals surface area contributed by atoms with Gasteiger partial charge in [0.2, 0.25) is 0 Å². The normalized spacial score (nSPS) is 16.5. The summed E-state index contributed by atoms with van der Waals surface area (Å²) in [7, 11) is 0. The van der Waals surface area contributed by atoms with Crippen molar-refractivity contribution in [1.29, 1.82) is 0 Å². The number of nitrogens with zero attached hydrogens (tertiary/aromatic N) is 2. The molecule has 0 radical (unpaired) electrons. The van der Waals surface area contributed by atoms with E-state index in [2.05, 4.69) is 6.07 Å². The molecule has 0 atom stereocenters. The van der Waals surface area contributed by atoms with Gasteiger partial charge in [0.05, 0.1) is 11.3 Å². The van der Waals surface area contributed by atoms with Gasteiger partial charge in [-0.2, -0.15) is 0 Å². The molecular weight excluding hydrogens is 406 g/mol. The van der Waals surface area contributed by atoms with Crippen molar-refractivity contribution in [2.24, 2.45) is 0 Å². The Morgan fingerprint density at radius 3 is 2.47 bits per heavy atom. The van der Waals surface area contributed by atoms with Crippen LogP contribution in [-0.2, 0) is 22.6 Å². The molecule has 0 saturated heterocycles. The number of benzene rings is 2. The van der Waals surface area contributed by atoms with Gasteiger partial charge < -0.3 is 4.90 Å². The summed E-state index contributed by atoms with van der Waals surface area (Å²) in [5.41, 5.74) is 2.39. The minimum Gasteiger partial charge on any atom is -0.362 e. The average molecular weight is 422 g/mol. The Kier molecular flexibility index (Phi) is 4.47. The number of fused-ring (bicyclic) bond motifs is 1. The molecule has 0 fully saturated rings. The first-order chi connectivity index (χ1) is 14.5. The number of hydrogen-bond acceptors (Lipinski definition) is 4. The van der Waals surface area contributed by atoms with Crippen molar-refractivity contribution in [2.75, 3.05) is 11.4 Å². The van der Waals surface area contributed by atoms with Crippen LogP contribution in [-0.4, -0.2) is 23.3 Å². The molecule has 3 aromatic rings. The summed E-state index contributed by atoms with van der Waals surface area (Å²) in [6.45, 7) is 1.03. The molecule has 5 rings (SSSR count). The maximum atomic E-state index is 14.5. The number of halogens is 2. The Balaban J connectivity index is 1.62. The SMILES string of the molecule is O=C1C(c2cccs2)=C(N2CCc3ccccc3C2)C(=O)N1c1cc(F)ccc1F. The number of carbonyl (C=O) groups is 2. The fraction of sp³-hybridized carbons (Fsp3) is 0.130. The van der Waals surface area contributed by atoms with Crippen molar-refractivity contribution in [3.63, 3.8) is 0 Å².